The Kier molecular flexibility index (Phi) is 5.63. The topological polar surface area (TPSA) is 88.4 Å². The summed E-state index contributed by atoms with van der Waals surface area (Å²) >= 11 is 0. The SMILES string of the molecule is Cc1cc(C(C)NC(=O)c2ccc(S(=O)(=O)NC(C)(C)C)cc2)c(C)o1. The summed E-state index contributed by atoms with van der Waals surface area (Å²) in [6.45, 7) is 10.9. The second-order valence-electron chi connectivity index (χ2n) is 7.44. The van der Waals surface area contributed by atoms with Crippen molar-refractivity contribution in [2.24, 2.45) is 0 Å². The van der Waals surface area contributed by atoms with Gasteiger partial charge >= 0.3 is 0 Å². The fourth-order valence-corrected chi connectivity index (χ4v) is 4.10. The van der Waals surface area contributed by atoms with Crippen LogP contribution in [-0.4, -0.2) is 19.9 Å². The van der Waals surface area contributed by atoms with Crippen LogP contribution in [0.2, 0.25) is 0 Å². The number of hydrogen-bond donors (Lipinski definition) is 2. The number of carbonyl (C=O) groups is 1. The quantitative estimate of drug-likeness (QED) is 0.834. The lowest BCUT2D eigenvalue weighted by molar-refractivity contribution is 0.0939. The maximum Gasteiger partial charge on any atom is 0.251 e. The lowest BCUT2D eigenvalue weighted by Crippen LogP contribution is -2.40. The highest BCUT2D eigenvalue weighted by Crippen LogP contribution is 2.22. The van der Waals surface area contributed by atoms with E-state index < -0.39 is 15.6 Å². The highest BCUT2D eigenvalue weighted by molar-refractivity contribution is 7.89. The van der Waals surface area contributed by atoms with Crippen molar-refractivity contribution in [3.05, 3.63) is 53.0 Å². The molecule has 0 radical (unpaired) electrons. The monoisotopic (exact) mass is 378 g/mol. The summed E-state index contributed by atoms with van der Waals surface area (Å²) in [6, 6.07) is 7.56. The molecule has 0 saturated carbocycles. The molecule has 1 atom stereocenters. The highest BCUT2D eigenvalue weighted by Gasteiger charge is 2.22. The van der Waals surface area contributed by atoms with Crippen molar-refractivity contribution in [3.63, 3.8) is 0 Å². The standard InChI is InChI=1S/C19H26N2O4S/c1-12-11-17(14(3)25-12)13(2)20-18(22)15-7-9-16(10-8-15)26(23,24)21-19(4,5)6/h7-11,13,21H,1-6H3,(H,20,22). The molecule has 2 rings (SSSR count). The van der Waals surface area contributed by atoms with Crippen LogP contribution in [0.25, 0.3) is 0 Å². The number of rotatable bonds is 5. The van der Waals surface area contributed by atoms with Crippen molar-refractivity contribution in [2.75, 3.05) is 0 Å². The van der Waals surface area contributed by atoms with Crippen LogP contribution in [0, 0.1) is 13.8 Å². The molecular weight excluding hydrogens is 352 g/mol. The molecule has 0 fully saturated rings. The van der Waals surface area contributed by atoms with E-state index in [4.69, 9.17) is 4.42 Å². The first kappa shape index (κ1) is 20.2. The molecule has 7 heteroatoms. The smallest absolute Gasteiger partial charge is 0.251 e. The molecule has 0 aliphatic heterocycles. The van der Waals surface area contributed by atoms with Crippen molar-refractivity contribution in [1.82, 2.24) is 10.0 Å². The average Bonchev–Trinajstić information content (AvgIpc) is 2.83. The third kappa shape index (κ3) is 4.95. The molecule has 1 unspecified atom stereocenters. The summed E-state index contributed by atoms with van der Waals surface area (Å²) in [6.07, 6.45) is 0. The van der Waals surface area contributed by atoms with E-state index in [9.17, 15) is 13.2 Å². The summed E-state index contributed by atoms with van der Waals surface area (Å²) in [4.78, 5) is 12.6. The van der Waals surface area contributed by atoms with Crippen molar-refractivity contribution in [2.45, 2.75) is 58.0 Å². The fraction of sp³-hybridized carbons (Fsp3) is 0.421. The maximum absolute atomic E-state index is 12.4. The molecular formula is C19H26N2O4S. The molecule has 1 aromatic heterocycles. The van der Waals surface area contributed by atoms with Gasteiger partial charge in [0.05, 0.1) is 10.9 Å². The number of hydrogen-bond acceptors (Lipinski definition) is 4. The zero-order chi connectivity index (χ0) is 19.7. The molecule has 142 valence electrons. The third-order valence-electron chi connectivity index (χ3n) is 3.76. The van der Waals surface area contributed by atoms with Crippen LogP contribution in [0.1, 0.15) is 61.2 Å². The molecule has 26 heavy (non-hydrogen) atoms. The largest absolute Gasteiger partial charge is 0.466 e. The van der Waals surface area contributed by atoms with Gasteiger partial charge in [-0.1, -0.05) is 0 Å². The molecule has 0 aliphatic rings. The lowest BCUT2D eigenvalue weighted by Gasteiger charge is -2.20. The van der Waals surface area contributed by atoms with Crippen molar-refractivity contribution < 1.29 is 17.6 Å². The second kappa shape index (κ2) is 7.25. The van der Waals surface area contributed by atoms with Crippen LogP contribution >= 0.6 is 0 Å². The molecule has 0 saturated heterocycles. The molecule has 2 N–H and O–H groups in total. The van der Waals surface area contributed by atoms with Gasteiger partial charge in [0.15, 0.2) is 0 Å². The van der Waals surface area contributed by atoms with Gasteiger partial charge in [0, 0.05) is 16.7 Å². The summed E-state index contributed by atoms with van der Waals surface area (Å²) in [5.41, 5.74) is 0.735. The normalized spacial score (nSPS) is 13.5. The van der Waals surface area contributed by atoms with Gasteiger partial charge in [-0.2, -0.15) is 0 Å². The Bertz CT molecular complexity index is 891. The number of nitrogens with one attached hydrogen (secondary N) is 2. The van der Waals surface area contributed by atoms with Gasteiger partial charge in [-0.15, -0.1) is 0 Å². The Morgan fingerprint density at radius 3 is 2.15 bits per heavy atom. The van der Waals surface area contributed by atoms with Crippen LogP contribution in [0.3, 0.4) is 0 Å². The Morgan fingerprint density at radius 2 is 1.69 bits per heavy atom. The summed E-state index contributed by atoms with van der Waals surface area (Å²) in [5.74, 6) is 1.29. The first-order chi connectivity index (χ1) is 11.9. The van der Waals surface area contributed by atoms with E-state index >= 15 is 0 Å². The minimum absolute atomic E-state index is 0.123. The number of amides is 1. The molecule has 0 bridgehead atoms. The fourth-order valence-electron chi connectivity index (χ4n) is 2.69. The number of sulfonamides is 1. The number of furan rings is 1. The zero-order valence-electron chi connectivity index (χ0n) is 16.0. The van der Waals surface area contributed by atoms with Gasteiger partial charge < -0.3 is 9.73 Å². The van der Waals surface area contributed by atoms with Crippen molar-refractivity contribution >= 4 is 15.9 Å². The van der Waals surface area contributed by atoms with Gasteiger partial charge in [-0.3, -0.25) is 4.79 Å². The average molecular weight is 378 g/mol. The van der Waals surface area contributed by atoms with Crippen molar-refractivity contribution in [1.29, 1.82) is 0 Å². The van der Waals surface area contributed by atoms with Crippen LogP contribution < -0.4 is 10.0 Å². The molecule has 6 nitrogen and oxygen atoms in total. The van der Waals surface area contributed by atoms with Gasteiger partial charge in [0.1, 0.15) is 11.5 Å². The van der Waals surface area contributed by atoms with Gasteiger partial charge in [0.2, 0.25) is 10.0 Å². The van der Waals surface area contributed by atoms with E-state index in [1.54, 1.807) is 20.8 Å². The molecule has 0 aliphatic carbocycles. The van der Waals surface area contributed by atoms with E-state index in [0.717, 1.165) is 17.1 Å². The van der Waals surface area contributed by atoms with E-state index in [-0.39, 0.29) is 16.8 Å². The number of aryl methyl sites for hydroxylation is 2. The Morgan fingerprint density at radius 1 is 1.12 bits per heavy atom. The lowest BCUT2D eigenvalue weighted by atomic mass is 10.1. The Hall–Kier alpha value is -2.12. The maximum atomic E-state index is 12.4. The van der Waals surface area contributed by atoms with Crippen LogP contribution in [0.15, 0.2) is 39.6 Å². The zero-order valence-corrected chi connectivity index (χ0v) is 16.8. The molecule has 1 amide bonds. The van der Waals surface area contributed by atoms with E-state index in [1.165, 1.54) is 24.3 Å². The van der Waals surface area contributed by atoms with Crippen LogP contribution in [0.4, 0.5) is 0 Å². The minimum atomic E-state index is -3.62. The molecule has 2 aromatic rings. The highest BCUT2D eigenvalue weighted by atomic mass is 32.2. The summed E-state index contributed by atoms with van der Waals surface area (Å²) in [7, 11) is -3.62. The predicted octanol–water partition coefficient (Wildman–Crippen LogP) is 3.46. The van der Waals surface area contributed by atoms with Crippen molar-refractivity contribution in [3.8, 4) is 0 Å². The minimum Gasteiger partial charge on any atom is -0.466 e. The molecule has 0 spiro atoms. The van der Waals surface area contributed by atoms with Gasteiger partial charge in [0.25, 0.3) is 5.91 Å². The second-order valence-corrected chi connectivity index (χ2v) is 9.13. The van der Waals surface area contributed by atoms with E-state index in [0.29, 0.717) is 5.56 Å². The van der Waals surface area contributed by atoms with Crippen LogP contribution in [0.5, 0.6) is 0 Å². The first-order valence-corrected chi connectivity index (χ1v) is 9.89. The van der Waals surface area contributed by atoms with Crippen LogP contribution in [-0.2, 0) is 10.0 Å². The van der Waals surface area contributed by atoms with Gasteiger partial charge in [-0.25, -0.2) is 13.1 Å². The predicted molar refractivity (Wildman–Crippen MR) is 101 cm³/mol. The van der Waals surface area contributed by atoms with E-state index in [1.807, 2.05) is 26.8 Å². The molecule has 1 aromatic carbocycles. The van der Waals surface area contributed by atoms with E-state index in [2.05, 4.69) is 10.0 Å². The number of benzene rings is 1. The molecule has 1 heterocycles. The Balaban J connectivity index is 2.13. The third-order valence-corrected chi connectivity index (χ3v) is 5.53. The number of carbonyl (C=O) groups excluding carboxylic acids is 1. The summed E-state index contributed by atoms with van der Waals surface area (Å²) in [5, 5.41) is 2.90. The summed E-state index contributed by atoms with van der Waals surface area (Å²) < 4.78 is 32.7. The van der Waals surface area contributed by atoms with Gasteiger partial charge in [-0.05, 0) is 71.9 Å². The Labute approximate surface area is 155 Å². The first-order valence-electron chi connectivity index (χ1n) is 8.41.